The van der Waals surface area contributed by atoms with Crippen LogP contribution in [0.3, 0.4) is 0 Å². The minimum Gasteiger partial charge on any atom is -0.497 e. The molecule has 5 heteroatoms. The third-order valence-electron chi connectivity index (χ3n) is 3.73. The number of carbonyl (C=O) groups excluding carboxylic acids is 2. The molecule has 1 aliphatic carbocycles. The molecule has 0 aromatic heterocycles. The second kappa shape index (κ2) is 7.67. The van der Waals surface area contributed by atoms with Crippen LogP contribution >= 0.6 is 0 Å². The molecular weight excluding hydrogens is 268 g/mol. The molecule has 5 nitrogen and oxygen atoms in total. The quantitative estimate of drug-likeness (QED) is 0.806. The van der Waals surface area contributed by atoms with E-state index in [9.17, 15) is 9.59 Å². The predicted octanol–water partition coefficient (Wildman–Crippen LogP) is 1.41. The van der Waals surface area contributed by atoms with Gasteiger partial charge in [0, 0.05) is 12.6 Å². The van der Waals surface area contributed by atoms with E-state index in [2.05, 4.69) is 10.6 Å². The van der Waals surface area contributed by atoms with Crippen molar-refractivity contribution in [1.82, 2.24) is 10.6 Å². The van der Waals surface area contributed by atoms with Crippen molar-refractivity contribution < 1.29 is 14.3 Å². The van der Waals surface area contributed by atoms with Crippen LogP contribution in [0, 0.1) is 0 Å². The molecule has 2 N–H and O–H groups in total. The Morgan fingerprint density at radius 3 is 2.71 bits per heavy atom. The molecule has 0 saturated heterocycles. The van der Waals surface area contributed by atoms with E-state index in [0.717, 1.165) is 37.0 Å². The molecule has 1 aliphatic rings. The average Bonchev–Trinajstić information content (AvgIpc) is 3.00. The molecule has 0 radical (unpaired) electrons. The number of ether oxygens (including phenoxy) is 1. The highest BCUT2D eigenvalue weighted by Crippen LogP contribution is 2.17. The van der Waals surface area contributed by atoms with Gasteiger partial charge in [0.2, 0.25) is 0 Å². The number of amides is 2. The van der Waals surface area contributed by atoms with Crippen molar-refractivity contribution in [2.24, 2.45) is 0 Å². The first kappa shape index (κ1) is 15.4. The summed E-state index contributed by atoms with van der Waals surface area (Å²) in [7, 11) is 1.62. The van der Waals surface area contributed by atoms with Crippen LogP contribution in [0.25, 0.3) is 0 Å². The van der Waals surface area contributed by atoms with Gasteiger partial charge in [-0.25, -0.2) is 0 Å². The lowest BCUT2D eigenvalue weighted by atomic mass is 10.1. The van der Waals surface area contributed by atoms with Crippen molar-refractivity contribution in [3.8, 4) is 5.75 Å². The van der Waals surface area contributed by atoms with E-state index in [4.69, 9.17) is 4.74 Å². The molecule has 1 saturated carbocycles. The Kier molecular flexibility index (Phi) is 5.60. The lowest BCUT2D eigenvalue weighted by Crippen LogP contribution is -2.44. The van der Waals surface area contributed by atoms with Gasteiger partial charge < -0.3 is 15.4 Å². The van der Waals surface area contributed by atoms with Gasteiger partial charge in [-0.1, -0.05) is 25.0 Å². The summed E-state index contributed by atoms with van der Waals surface area (Å²) in [4.78, 5) is 23.4. The summed E-state index contributed by atoms with van der Waals surface area (Å²) < 4.78 is 5.14. The van der Waals surface area contributed by atoms with Crippen molar-refractivity contribution in [2.75, 3.05) is 13.7 Å². The highest BCUT2D eigenvalue weighted by molar-refractivity contribution is 6.35. The lowest BCUT2D eigenvalue weighted by molar-refractivity contribution is -0.139. The number of benzene rings is 1. The predicted molar refractivity (Wildman–Crippen MR) is 80.1 cm³/mol. The van der Waals surface area contributed by atoms with Gasteiger partial charge in [-0.3, -0.25) is 9.59 Å². The Bertz CT molecular complexity index is 496. The fraction of sp³-hybridized carbons (Fsp3) is 0.500. The zero-order valence-electron chi connectivity index (χ0n) is 12.4. The maximum atomic E-state index is 11.7. The number of carbonyl (C=O) groups is 2. The number of nitrogens with one attached hydrogen (secondary N) is 2. The van der Waals surface area contributed by atoms with E-state index in [-0.39, 0.29) is 6.04 Å². The first-order valence-electron chi connectivity index (χ1n) is 7.40. The van der Waals surface area contributed by atoms with Gasteiger partial charge >= 0.3 is 11.8 Å². The summed E-state index contributed by atoms with van der Waals surface area (Å²) in [6, 6.07) is 7.83. The summed E-state index contributed by atoms with van der Waals surface area (Å²) in [6.07, 6.45) is 4.87. The molecule has 1 fully saturated rings. The second-order valence-electron chi connectivity index (χ2n) is 5.31. The average molecular weight is 290 g/mol. The molecule has 0 unspecified atom stereocenters. The largest absolute Gasteiger partial charge is 0.497 e. The smallest absolute Gasteiger partial charge is 0.309 e. The lowest BCUT2D eigenvalue weighted by Gasteiger charge is -2.11. The van der Waals surface area contributed by atoms with E-state index in [1.165, 1.54) is 0 Å². The van der Waals surface area contributed by atoms with Gasteiger partial charge in [0.1, 0.15) is 5.75 Å². The van der Waals surface area contributed by atoms with Gasteiger partial charge in [0.15, 0.2) is 0 Å². The van der Waals surface area contributed by atoms with Crippen LogP contribution in [-0.4, -0.2) is 31.5 Å². The highest BCUT2D eigenvalue weighted by Gasteiger charge is 2.20. The van der Waals surface area contributed by atoms with E-state index in [1.54, 1.807) is 7.11 Å². The zero-order chi connectivity index (χ0) is 15.1. The van der Waals surface area contributed by atoms with E-state index in [0.29, 0.717) is 13.0 Å². The minimum absolute atomic E-state index is 0.168. The molecule has 114 valence electrons. The standard InChI is InChI=1S/C16H22N2O3/c1-21-14-8-4-5-12(11-14)9-10-17-15(19)16(20)18-13-6-2-3-7-13/h4-5,8,11,13H,2-3,6-7,9-10H2,1H3,(H,17,19)(H,18,20). The maximum absolute atomic E-state index is 11.7. The number of methoxy groups -OCH3 is 1. The van der Waals surface area contributed by atoms with Crippen molar-refractivity contribution in [1.29, 1.82) is 0 Å². The van der Waals surface area contributed by atoms with Crippen LogP contribution in [0.15, 0.2) is 24.3 Å². The van der Waals surface area contributed by atoms with Crippen LogP contribution in [0.2, 0.25) is 0 Å². The first-order chi connectivity index (χ1) is 10.2. The van der Waals surface area contributed by atoms with Crippen LogP contribution in [0.1, 0.15) is 31.2 Å². The number of hydrogen-bond donors (Lipinski definition) is 2. The second-order valence-corrected chi connectivity index (χ2v) is 5.31. The third kappa shape index (κ3) is 4.77. The summed E-state index contributed by atoms with van der Waals surface area (Å²) in [5.74, 6) is -0.282. The maximum Gasteiger partial charge on any atom is 0.309 e. The zero-order valence-corrected chi connectivity index (χ0v) is 12.4. The van der Waals surface area contributed by atoms with Gasteiger partial charge in [0.25, 0.3) is 0 Å². The number of hydrogen-bond acceptors (Lipinski definition) is 3. The third-order valence-corrected chi connectivity index (χ3v) is 3.73. The molecule has 2 rings (SSSR count). The van der Waals surface area contributed by atoms with Crippen LogP contribution < -0.4 is 15.4 Å². The summed E-state index contributed by atoms with van der Waals surface area (Å²) in [6.45, 7) is 0.435. The van der Waals surface area contributed by atoms with Crippen molar-refractivity contribution in [3.63, 3.8) is 0 Å². The summed E-state index contributed by atoms with van der Waals surface area (Å²) >= 11 is 0. The molecule has 1 aromatic rings. The molecule has 1 aromatic carbocycles. The Morgan fingerprint density at radius 2 is 2.00 bits per heavy atom. The summed E-state index contributed by atoms with van der Waals surface area (Å²) in [5.41, 5.74) is 1.06. The van der Waals surface area contributed by atoms with Crippen molar-refractivity contribution >= 4 is 11.8 Å². The van der Waals surface area contributed by atoms with Gasteiger partial charge in [-0.05, 0) is 37.0 Å². The molecule has 0 spiro atoms. The van der Waals surface area contributed by atoms with E-state index in [1.807, 2.05) is 24.3 Å². The molecule has 0 bridgehead atoms. The molecule has 0 aliphatic heterocycles. The van der Waals surface area contributed by atoms with Crippen LogP contribution in [-0.2, 0) is 16.0 Å². The first-order valence-corrected chi connectivity index (χ1v) is 7.40. The monoisotopic (exact) mass is 290 g/mol. The fourth-order valence-corrected chi connectivity index (χ4v) is 2.55. The molecule has 21 heavy (non-hydrogen) atoms. The molecule has 0 atom stereocenters. The van der Waals surface area contributed by atoms with Crippen LogP contribution in [0.4, 0.5) is 0 Å². The van der Waals surface area contributed by atoms with Crippen LogP contribution in [0.5, 0.6) is 5.75 Å². The molecule has 2 amide bonds. The summed E-state index contributed by atoms with van der Waals surface area (Å²) in [5, 5.41) is 5.43. The van der Waals surface area contributed by atoms with Crippen molar-refractivity contribution in [3.05, 3.63) is 29.8 Å². The highest BCUT2D eigenvalue weighted by atomic mass is 16.5. The molecule has 0 heterocycles. The minimum atomic E-state index is -0.551. The normalized spacial score (nSPS) is 14.7. The van der Waals surface area contributed by atoms with Gasteiger partial charge in [0.05, 0.1) is 7.11 Å². The molecular formula is C16H22N2O3. The Morgan fingerprint density at radius 1 is 1.24 bits per heavy atom. The van der Waals surface area contributed by atoms with E-state index >= 15 is 0 Å². The Balaban J connectivity index is 1.71. The Hall–Kier alpha value is -2.04. The Labute approximate surface area is 125 Å². The SMILES string of the molecule is COc1cccc(CCNC(=O)C(=O)NC2CCCC2)c1. The number of rotatable bonds is 5. The van der Waals surface area contributed by atoms with E-state index < -0.39 is 11.8 Å². The topological polar surface area (TPSA) is 67.4 Å². The van der Waals surface area contributed by atoms with Crippen molar-refractivity contribution in [2.45, 2.75) is 38.1 Å². The van der Waals surface area contributed by atoms with Gasteiger partial charge in [-0.15, -0.1) is 0 Å². The fourth-order valence-electron chi connectivity index (χ4n) is 2.55. The van der Waals surface area contributed by atoms with Gasteiger partial charge in [-0.2, -0.15) is 0 Å².